The molecule has 0 bridgehead atoms. The van der Waals surface area contributed by atoms with E-state index in [9.17, 15) is 9.59 Å². The quantitative estimate of drug-likeness (QED) is 0.805. The Morgan fingerprint density at radius 2 is 1.80 bits per heavy atom. The maximum Gasteiger partial charge on any atom is 0.257 e. The minimum absolute atomic E-state index is 0.000185. The Morgan fingerprint density at radius 3 is 2.30 bits per heavy atom. The van der Waals surface area contributed by atoms with Crippen molar-refractivity contribution in [1.29, 1.82) is 0 Å². The van der Waals surface area contributed by atoms with Crippen LogP contribution in [0.15, 0.2) is 0 Å². The lowest BCUT2D eigenvalue weighted by atomic mass is 10.0. The number of aromatic nitrogens is 1. The molecule has 1 saturated heterocycles. The van der Waals surface area contributed by atoms with Crippen LogP contribution in [-0.4, -0.2) is 39.3 Å². The highest BCUT2D eigenvalue weighted by atomic mass is 32.2. The predicted octanol–water partition coefficient (Wildman–Crippen LogP) is 2.79. The third-order valence-electron chi connectivity index (χ3n) is 4.21. The lowest BCUT2D eigenvalue weighted by Crippen LogP contribution is -2.29. The summed E-state index contributed by atoms with van der Waals surface area (Å²) in [5.41, 5.74) is 3.21. The Bertz CT molecular complexity index is 581. The van der Waals surface area contributed by atoms with Crippen LogP contribution in [0.5, 0.6) is 0 Å². The number of hydrogen-bond acceptors (Lipinski definition) is 3. The van der Waals surface area contributed by atoms with Gasteiger partial charge in [-0.1, -0.05) is 0 Å². The molecule has 2 heterocycles. The van der Waals surface area contributed by atoms with Gasteiger partial charge in [-0.2, -0.15) is 0 Å². The molecule has 20 heavy (non-hydrogen) atoms. The predicted molar refractivity (Wildman–Crippen MR) is 80.5 cm³/mol. The molecule has 1 aliphatic carbocycles. The number of ketones is 1. The van der Waals surface area contributed by atoms with Crippen molar-refractivity contribution in [1.82, 2.24) is 9.47 Å². The number of amides is 1. The molecule has 5 heteroatoms. The van der Waals surface area contributed by atoms with Crippen LogP contribution in [0.2, 0.25) is 0 Å². The van der Waals surface area contributed by atoms with E-state index < -0.39 is 0 Å². The fourth-order valence-electron chi connectivity index (χ4n) is 3.16. The first-order valence-corrected chi connectivity index (χ1v) is 8.27. The summed E-state index contributed by atoms with van der Waals surface area (Å²) in [6.07, 6.45) is 2.31. The van der Waals surface area contributed by atoms with Gasteiger partial charge in [-0.3, -0.25) is 9.59 Å². The summed E-state index contributed by atoms with van der Waals surface area (Å²) in [4.78, 5) is 26.6. The number of nitrogens with zero attached hydrogens (tertiary/aromatic N) is 2. The van der Waals surface area contributed by atoms with E-state index in [1.807, 2.05) is 18.7 Å². The van der Waals surface area contributed by atoms with E-state index in [2.05, 4.69) is 4.57 Å². The van der Waals surface area contributed by atoms with Crippen molar-refractivity contribution in [3.8, 4) is 0 Å². The Balaban J connectivity index is 2.10. The molecule has 2 fully saturated rings. The number of rotatable bonds is 3. The molecule has 0 spiro atoms. The molecule has 1 aliphatic heterocycles. The summed E-state index contributed by atoms with van der Waals surface area (Å²) in [5, 5.41) is 0. The Morgan fingerprint density at radius 1 is 1.15 bits per heavy atom. The van der Waals surface area contributed by atoms with Crippen LogP contribution < -0.4 is 0 Å². The highest BCUT2D eigenvalue weighted by Crippen LogP contribution is 2.40. The van der Waals surface area contributed by atoms with E-state index in [-0.39, 0.29) is 11.7 Å². The summed E-state index contributed by atoms with van der Waals surface area (Å²) < 4.78 is 2.20. The van der Waals surface area contributed by atoms with Crippen LogP contribution in [0, 0.1) is 13.8 Å². The van der Waals surface area contributed by atoms with Gasteiger partial charge in [0, 0.05) is 29.7 Å². The van der Waals surface area contributed by atoms with Crippen LogP contribution in [0.3, 0.4) is 0 Å². The average molecular weight is 292 g/mol. The topological polar surface area (TPSA) is 42.3 Å². The molecule has 1 amide bonds. The standard InChI is InChI=1S/C15H20N2O2S/c1-9-13(11(3)18)14(10(2)17(9)12-4-5-12)15(19)16-6-7-20-8-16/h12H,4-8H2,1-3H3. The molecule has 0 radical (unpaired) electrons. The molecule has 0 aromatic carbocycles. The number of carbonyl (C=O) groups excluding carboxylic acids is 2. The van der Waals surface area contributed by atoms with Crippen molar-refractivity contribution < 1.29 is 9.59 Å². The van der Waals surface area contributed by atoms with Crippen molar-refractivity contribution in [2.45, 2.75) is 39.7 Å². The lowest BCUT2D eigenvalue weighted by molar-refractivity contribution is 0.0796. The summed E-state index contributed by atoms with van der Waals surface area (Å²) in [6.45, 7) is 6.30. The summed E-state index contributed by atoms with van der Waals surface area (Å²) >= 11 is 1.77. The zero-order chi connectivity index (χ0) is 14.4. The number of hydrogen-bond donors (Lipinski definition) is 0. The molecule has 2 aliphatic rings. The van der Waals surface area contributed by atoms with Gasteiger partial charge in [0.2, 0.25) is 0 Å². The molecule has 4 nitrogen and oxygen atoms in total. The Hall–Kier alpha value is -1.23. The van der Waals surface area contributed by atoms with Crippen molar-refractivity contribution in [2.75, 3.05) is 18.2 Å². The number of thioether (sulfide) groups is 1. The van der Waals surface area contributed by atoms with E-state index >= 15 is 0 Å². The third kappa shape index (κ3) is 2.08. The van der Waals surface area contributed by atoms with Crippen LogP contribution in [0.1, 0.15) is 57.9 Å². The second kappa shape index (κ2) is 4.95. The second-order valence-electron chi connectivity index (χ2n) is 5.68. The van der Waals surface area contributed by atoms with Gasteiger partial charge >= 0.3 is 0 Å². The molecule has 3 rings (SSSR count). The first-order chi connectivity index (χ1) is 9.52. The van der Waals surface area contributed by atoms with Crippen LogP contribution in [0.25, 0.3) is 0 Å². The van der Waals surface area contributed by atoms with Crippen LogP contribution in [-0.2, 0) is 0 Å². The fourth-order valence-corrected chi connectivity index (χ4v) is 4.10. The summed E-state index contributed by atoms with van der Waals surface area (Å²) in [6, 6.07) is 0.489. The van der Waals surface area contributed by atoms with Gasteiger partial charge in [0.05, 0.1) is 17.0 Å². The smallest absolute Gasteiger partial charge is 0.257 e. The van der Waals surface area contributed by atoms with Gasteiger partial charge in [-0.15, -0.1) is 11.8 Å². The molecule has 0 N–H and O–H groups in total. The maximum atomic E-state index is 12.7. The molecule has 108 valence electrons. The SMILES string of the molecule is CC(=O)c1c(C(=O)N2CCSC2)c(C)n(C2CC2)c1C. The maximum absolute atomic E-state index is 12.7. The van der Waals surface area contributed by atoms with Crippen molar-refractivity contribution >= 4 is 23.5 Å². The van der Waals surface area contributed by atoms with E-state index in [1.54, 1.807) is 18.7 Å². The minimum atomic E-state index is 0.000185. The first kappa shape index (κ1) is 13.7. The van der Waals surface area contributed by atoms with Crippen LogP contribution in [0.4, 0.5) is 0 Å². The van der Waals surface area contributed by atoms with E-state index in [1.165, 1.54) is 0 Å². The van der Waals surface area contributed by atoms with Crippen molar-refractivity contribution in [3.05, 3.63) is 22.5 Å². The van der Waals surface area contributed by atoms with Gasteiger partial charge in [-0.05, 0) is 33.6 Å². The third-order valence-corrected chi connectivity index (χ3v) is 5.18. The van der Waals surface area contributed by atoms with Gasteiger partial charge in [0.1, 0.15) is 0 Å². The molecular weight excluding hydrogens is 272 g/mol. The average Bonchev–Trinajstić information content (AvgIpc) is 2.99. The van der Waals surface area contributed by atoms with Gasteiger partial charge in [0.15, 0.2) is 5.78 Å². The highest BCUT2D eigenvalue weighted by molar-refractivity contribution is 7.99. The molecule has 0 unspecified atom stereocenters. The number of carbonyl (C=O) groups is 2. The van der Waals surface area contributed by atoms with E-state index in [4.69, 9.17) is 0 Å². The largest absolute Gasteiger partial charge is 0.345 e. The zero-order valence-electron chi connectivity index (χ0n) is 12.2. The first-order valence-electron chi connectivity index (χ1n) is 7.11. The molecule has 1 aromatic heterocycles. The van der Waals surface area contributed by atoms with E-state index in [0.717, 1.165) is 42.4 Å². The number of Topliss-reactive ketones (excluding diaryl/α,β-unsaturated/α-hetero) is 1. The lowest BCUT2D eigenvalue weighted by Gasteiger charge is -2.15. The molecule has 1 aromatic rings. The highest BCUT2D eigenvalue weighted by Gasteiger charge is 2.34. The van der Waals surface area contributed by atoms with Gasteiger partial charge < -0.3 is 9.47 Å². The molecule has 1 saturated carbocycles. The summed E-state index contributed by atoms with van der Waals surface area (Å²) in [5.74, 6) is 1.76. The fraction of sp³-hybridized carbons (Fsp3) is 0.600. The minimum Gasteiger partial charge on any atom is -0.345 e. The normalized spacial score (nSPS) is 18.6. The zero-order valence-corrected chi connectivity index (χ0v) is 13.0. The van der Waals surface area contributed by atoms with Gasteiger partial charge in [-0.25, -0.2) is 0 Å². The van der Waals surface area contributed by atoms with Crippen molar-refractivity contribution in [2.24, 2.45) is 0 Å². The Labute approximate surface area is 123 Å². The van der Waals surface area contributed by atoms with Crippen LogP contribution >= 0.6 is 11.8 Å². The second-order valence-corrected chi connectivity index (χ2v) is 6.76. The monoisotopic (exact) mass is 292 g/mol. The Kier molecular flexibility index (Phi) is 3.40. The van der Waals surface area contributed by atoms with E-state index in [0.29, 0.717) is 17.2 Å². The molecular formula is C15H20N2O2S. The van der Waals surface area contributed by atoms with Crippen molar-refractivity contribution in [3.63, 3.8) is 0 Å². The molecule has 0 atom stereocenters. The summed E-state index contributed by atoms with van der Waals surface area (Å²) in [7, 11) is 0. The van der Waals surface area contributed by atoms with Gasteiger partial charge in [0.25, 0.3) is 5.91 Å².